The molecule has 1 unspecified atom stereocenters. The molecular formula is C26H31N5O6S2. The van der Waals surface area contributed by atoms with Gasteiger partial charge in [0.25, 0.3) is 5.19 Å². The van der Waals surface area contributed by atoms with E-state index < -0.39 is 16.6 Å². The maximum absolute atomic E-state index is 11.4. The molecule has 2 N–H and O–H groups in total. The van der Waals surface area contributed by atoms with Crippen molar-refractivity contribution in [1.82, 2.24) is 15.1 Å². The number of methoxy groups -OCH3 is 1. The normalized spacial score (nSPS) is 18.9. The predicted molar refractivity (Wildman–Crippen MR) is 153 cm³/mol. The summed E-state index contributed by atoms with van der Waals surface area (Å²) in [5.41, 5.74) is 2.67. The Morgan fingerprint density at radius 2 is 2.13 bits per heavy atom. The third-order valence-corrected chi connectivity index (χ3v) is 8.75. The molecule has 0 saturated carbocycles. The van der Waals surface area contributed by atoms with Crippen LogP contribution in [0.5, 0.6) is 5.19 Å². The van der Waals surface area contributed by atoms with Crippen LogP contribution in [0.2, 0.25) is 0 Å². The molecule has 3 aromatic rings. The number of rotatable bonds is 7. The Bertz CT molecular complexity index is 1440. The van der Waals surface area contributed by atoms with E-state index >= 15 is 0 Å². The minimum absolute atomic E-state index is 0.136. The molecule has 2 aromatic heterocycles. The summed E-state index contributed by atoms with van der Waals surface area (Å²) in [4.78, 5) is 26.9. The molecule has 208 valence electrons. The van der Waals surface area contributed by atoms with Crippen molar-refractivity contribution in [3.8, 4) is 5.19 Å². The van der Waals surface area contributed by atoms with Gasteiger partial charge < -0.3 is 14.0 Å². The molecule has 0 bridgehead atoms. The lowest BCUT2D eigenvalue weighted by Crippen LogP contribution is -2.43. The standard InChI is InChI=1S/C26H31N5O6S2/c1-16(2)24-29-25(37-30-24)31-12-5-4-6-22(31)36-26-28-19-8-7-17(14-20(19)38-26)18-9-11-27-21(15-18)39(33,34)13-10-23(32)35-3/h7-8,10,13-16,22,33-34H,4-6,9,11-12H2,1-3H3. The summed E-state index contributed by atoms with van der Waals surface area (Å²) in [6.07, 6.45) is 5.96. The van der Waals surface area contributed by atoms with Crippen LogP contribution in [0.15, 0.2) is 45.3 Å². The number of esters is 1. The summed E-state index contributed by atoms with van der Waals surface area (Å²) in [6, 6.07) is 6.38. The van der Waals surface area contributed by atoms with Crippen molar-refractivity contribution in [2.45, 2.75) is 51.7 Å². The Kier molecular flexibility index (Phi) is 8.03. The van der Waals surface area contributed by atoms with Crippen LogP contribution < -0.4 is 9.64 Å². The van der Waals surface area contributed by atoms with Gasteiger partial charge in [-0.3, -0.25) is 19.0 Å². The lowest BCUT2D eigenvalue weighted by atomic mass is 10.0. The van der Waals surface area contributed by atoms with Crippen molar-refractivity contribution in [3.63, 3.8) is 0 Å². The van der Waals surface area contributed by atoms with Gasteiger partial charge in [-0.2, -0.15) is 4.98 Å². The van der Waals surface area contributed by atoms with Crippen LogP contribution in [-0.2, 0) is 9.53 Å². The Labute approximate surface area is 231 Å². The number of carbonyl (C=O) groups excluding carboxylic acids is 1. The molecule has 39 heavy (non-hydrogen) atoms. The van der Waals surface area contributed by atoms with Gasteiger partial charge in [0.15, 0.2) is 12.1 Å². The SMILES string of the molecule is COC(=O)C=CS(O)(O)C1=NCCC(c2ccc3nc(OC4CCCCN4c4nc(C(C)C)no4)sc3c2)=C1. The van der Waals surface area contributed by atoms with Gasteiger partial charge in [-0.1, -0.05) is 36.4 Å². The lowest BCUT2D eigenvalue weighted by Gasteiger charge is -2.33. The fourth-order valence-corrected chi connectivity index (χ4v) is 6.27. The number of hydrogen-bond donors (Lipinski definition) is 2. The minimum Gasteiger partial charge on any atom is -0.466 e. The van der Waals surface area contributed by atoms with E-state index in [9.17, 15) is 13.9 Å². The maximum Gasteiger partial charge on any atom is 0.331 e. The van der Waals surface area contributed by atoms with Crippen molar-refractivity contribution in [1.29, 1.82) is 0 Å². The van der Waals surface area contributed by atoms with Gasteiger partial charge in [-0.25, -0.2) is 9.78 Å². The minimum atomic E-state index is -3.38. The number of fused-ring (bicyclic) bond motifs is 1. The van der Waals surface area contributed by atoms with Crippen LogP contribution in [0.3, 0.4) is 0 Å². The summed E-state index contributed by atoms with van der Waals surface area (Å²) in [5.74, 6) is 0.182. The van der Waals surface area contributed by atoms with Crippen LogP contribution in [0.4, 0.5) is 6.01 Å². The highest BCUT2D eigenvalue weighted by molar-refractivity contribution is 8.39. The Morgan fingerprint density at radius 3 is 2.90 bits per heavy atom. The molecule has 2 aliphatic heterocycles. The zero-order valence-corrected chi connectivity index (χ0v) is 23.6. The van der Waals surface area contributed by atoms with Gasteiger partial charge in [-0.05, 0) is 48.6 Å². The summed E-state index contributed by atoms with van der Waals surface area (Å²) < 4.78 is 38.4. The number of dihydropyridines is 1. The molecule has 4 heterocycles. The highest BCUT2D eigenvalue weighted by atomic mass is 32.3. The monoisotopic (exact) mass is 573 g/mol. The molecule has 1 fully saturated rings. The zero-order chi connectivity index (χ0) is 27.6. The third-order valence-electron chi connectivity index (χ3n) is 6.47. The molecule has 0 radical (unpaired) electrons. The van der Waals surface area contributed by atoms with E-state index in [1.54, 1.807) is 6.08 Å². The summed E-state index contributed by atoms with van der Waals surface area (Å²) in [6.45, 7) is 5.23. The first-order valence-electron chi connectivity index (χ1n) is 12.7. The van der Waals surface area contributed by atoms with E-state index in [2.05, 4.69) is 24.9 Å². The van der Waals surface area contributed by atoms with E-state index in [1.807, 2.05) is 36.9 Å². The number of aliphatic imine (C=N–C) groups is 1. The lowest BCUT2D eigenvalue weighted by molar-refractivity contribution is -0.134. The van der Waals surface area contributed by atoms with Crippen LogP contribution in [0, 0.1) is 0 Å². The largest absolute Gasteiger partial charge is 0.466 e. The Morgan fingerprint density at radius 1 is 1.28 bits per heavy atom. The van der Waals surface area contributed by atoms with E-state index in [1.165, 1.54) is 18.4 Å². The molecule has 0 spiro atoms. The van der Waals surface area contributed by atoms with E-state index in [4.69, 9.17) is 9.26 Å². The first-order valence-corrected chi connectivity index (χ1v) is 15.1. The average molecular weight is 574 g/mol. The van der Waals surface area contributed by atoms with Crippen molar-refractivity contribution in [2.75, 3.05) is 25.1 Å². The van der Waals surface area contributed by atoms with Crippen molar-refractivity contribution < 1.29 is 27.9 Å². The number of aromatic nitrogens is 3. The van der Waals surface area contributed by atoms with Crippen LogP contribution in [0.25, 0.3) is 15.8 Å². The van der Waals surface area contributed by atoms with Gasteiger partial charge in [0.2, 0.25) is 0 Å². The Balaban J connectivity index is 1.34. The molecular weight excluding hydrogens is 542 g/mol. The summed E-state index contributed by atoms with van der Waals surface area (Å²) in [5, 5.41) is 5.84. The number of piperidine rings is 1. The first-order chi connectivity index (χ1) is 18.7. The molecule has 1 saturated heterocycles. The van der Waals surface area contributed by atoms with Crippen molar-refractivity contribution >= 4 is 54.7 Å². The van der Waals surface area contributed by atoms with Crippen LogP contribution in [-0.4, -0.2) is 61.7 Å². The van der Waals surface area contributed by atoms with Gasteiger partial charge >= 0.3 is 12.0 Å². The highest BCUT2D eigenvalue weighted by Crippen LogP contribution is 2.45. The van der Waals surface area contributed by atoms with E-state index in [0.717, 1.165) is 58.6 Å². The molecule has 5 rings (SSSR count). The second-order valence-corrected chi connectivity index (χ2v) is 12.4. The molecule has 1 aromatic carbocycles. The highest BCUT2D eigenvalue weighted by Gasteiger charge is 2.30. The fraction of sp³-hybridized carbons (Fsp3) is 0.423. The Hall–Kier alpha value is -3.26. The molecule has 11 nitrogen and oxygen atoms in total. The van der Waals surface area contributed by atoms with Crippen molar-refractivity contribution in [3.05, 3.63) is 47.1 Å². The summed E-state index contributed by atoms with van der Waals surface area (Å²) in [7, 11) is -2.15. The molecule has 13 heteroatoms. The summed E-state index contributed by atoms with van der Waals surface area (Å²) >= 11 is 1.46. The number of carbonyl (C=O) groups is 1. The first kappa shape index (κ1) is 27.3. The van der Waals surface area contributed by atoms with Gasteiger partial charge in [-0.15, -0.1) is 10.6 Å². The number of benzene rings is 1. The van der Waals surface area contributed by atoms with E-state index in [-0.39, 0.29) is 17.2 Å². The average Bonchev–Trinajstić information content (AvgIpc) is 3.59. The second kappa shape index (κ2) is 11.5. The van der Waals surface area contributed by atoms with Crippen LogP contribution >= 0.6 is 21.9 Å². The number of anilines is 1. The number of hydrogen-bond acceptors (Lipinski definition) is 12. The maximum atomic E-state index is 11.4. The number of ether oxygens (including phenoxy) is 2. The van der Waals surface area contributed by atoms with E-state index in [0.29, 0.717) is 30.0 Å². The van der Waals surface area contributed by atoms with Gasteiger partial charge in [0.05, 0.1) is 17.3 Å². The molecule has 0 amide bonds. The number of nitrogens with zero attached hydrogens (tertiary/aromatic N) is 5. The fourth-order valence-electron chi connectivity index (χ4n) is 4.34. The third kappa shape index (κ3) is 6.16. The van der Waals surface area contributed by atoms with Crippen LogP contribution in [0.1, 0.15) is 56.8 Å². The quantitative estimate of drug-likeness (QED) is 0.262. The zero-order valence-electron chi connectivity index (χ0n) is 21.9. The molecule has 1 atom stereocenters. The predicted octanol–water partition coefficient (Wildman–Crippen LogP) is 5.82. The van der Waals surface area contributed by atoms with Gasteiger partial charge in [0.1, 0.15) is 5.04 Å². The molecule has 2 aliphatic rings. The number of thiazole rings is 1. The topological polar surface area (TPSA) is 143 Å². The smallest absolute Gasteiger partial charge is 0.331 e. The second-order valence-electron chi connectivity index (χ2n) is 9.57. The van der Waals surface area contributed by atoms with Gasteiger partial charge in [0, 0.05) is 36.9 Å². The molecule has 0 aliphatic carbocycles. The van der Waals surface area contributed by atoms with Crippen molar-refractivity contribution in [2.24, 2.45) is 4.99 Å².